The van der Waals surface area contributed by atoms with Crippen LogP contribution in [0.1, 0.15) is 11.1 Å². The Morgan fingerprint density at radius 2 is 2.00 bits per heavy atom. The molecule has 0 saturated carbocycles. The number of ether oxygens (including phenoxy) is 1. The van der Waals surface area contributed by atoms with Gasteiger partial charge in [0.25, 0.3) is 0 Å². The summed E-state index contributed by atoms with van der Waals surface area (Å²) in [5, 5.41) is 3.27. The number of aryl methyl sites for hydroxylation is 1. The highest BCUT2D eigenvalue weighted by atomic mass is 79.9. The lowest BCUT2D eigenvalue weighted by Gasteiger charge is -2.10. The molecule has 0 heterocycles. The lowest BCUT2D eigenvalue weighted by Crippen LogP contribution is -2.01. The van der Waals surface area contributed by atoms with Gasteiger partial charge in [0.1, 0.15) is 0 Å². The maximum atomic E-state index is 13.5. The van der Waals surface area contributed by atoms with Crippen LogP contribution in [0.3, 0.4) is 0 Å². The van der Waals surface area contributed by atoms with Crippen LogP contribution >= 0.6 is 15.9 Å². The Morgan fingerprint density at radius 1 is 1.21 bits per heavy atom. The minimum absolute atomic E-state index is 0.264. The van der Waals surface area contributed by atoms with E-state index in [0.717, 1.165) is 15.7 Å². The van der Waals surface area contributed by atoms with E-state index >= 15 is 0 Å². The number of halogens is 2. The second-order valence-electron chi connectivity index (χ2n) is 4.31. The van der Waals surface area contributed by atoms with Gasteiger partial charge in [-0.05, 0) is 58.2 Å². The topological polar surface area (TPSA) is 21.3 Å². The predicted molar refractivity (Wildman–Crippen MR) is 79.2 cm³/mol. The number of hydrogen-bond acceptors (Lipinski definition) is 2. The molecular weight excluding hydrogens is 309 g/mol. The molecule has 0 amide bonds. The van der Waals surface area contributed by atoms with Crippen molar-refractivity contribution >= 4 is 21.6 Å². The molecule has 2 aromatic rings. The molecule has 2 nitrogen and oxygen atoms in total. The van der Waals surface area contributed by atoms with E-state index in [-0.39, 0.29) is 11.6 Å². The zero-order valence-electron chi connectivity index (χ0n) is 10.8. The fourth-order valence-corrected chi connectivity index (χ4v) is 2.41. The Labute approximate surface area is 120 Å². The van der Waals surface area contributed by atoms with Gasteiger partial charge < -0.3 is 10.1 Å². The monoisotopic (exact) mass is 323 g/mol. The second kappa shape index (κ2) is 6.06. The van der Waals surface area contributed by atoms with Gasteiger partial charge in [-0.1, -0.05) is 12.1 Å². The molecule has 2 rings (SSSR count). The largest absolute Gasteiger partial charge is 0.494 e. The van der Waals surface area contributed by atoms with Crippen LogP contribution in [0.2, 0.25) is 0 Å². The average Bonchev–Trinajstić information content (AvgIpc) is 2.38. The van der Waals surface area contributed by atoms with Crippen LogP contribution in [-0.2, 0) is 6.54 Å². The SMILES string of the molecule is COc1ccc(CNc2ccc(C)cc2Br)cc1F. The van der Waals surface area contributed by atoms with Crippen molar-refractivity contribution in [1.29, 1.82) is 0 Å². The molecule has 0 aliphatic rings. The van der Waals surface area contributed by atoms with Gasteiger partial charge in [-0.2, -0.15) is 0 Å². The quantitative estimate of drug-likeness (QED) is 0.893. The smallest absolute Gasteiger partial charge is 0.165 e. The van der Waals surface area contributed by atoms with Gasteiger partial charge in [0.15, 0.2) is 11.6 Å². The van der Waals surface area contributed by atoms with E-state index in [2.05, 4.69) is 21.2 Å². The lowest BCUT2D eigenvalue weighted by atomic mass is 10.2. The lowest BCUT2D eigenvalue weighted by molar-refractivity contribution is 0.386. The molecule has 0 aromatic heterocycles. The van der Waals surface area contributed by atoms with Crippen molar-refractivity contribution in [3.8, 4) is 5.75 Å². The molecule has 4 heteroatoms. The molecule has 0 aliphatic heterocycles. The number of methoxy groups -OCH3 is 1. The molecular formula is C15H15BrFNO. The maximum Gasteiger partial charge on any atom is 0.165 e. The van der Waals surface area contributed by atoms with Gasteiger partial charge in [-0.3, -0.25) is 0 Å². The van der Waals surface area contributed by atoms with Gasteiger partial charge in [0, 0.05) is 16.7 Å². The maximum absolute atomic E-state index is 13.5. The predicted octanol–water partition coefficient (Wildman–Crippen LogP) is 4.52. The minimum Gasteiger partial charge on any atom is -0.494 e. The van der Waals surface area contributed by atoms with Crippen molar-refractivity contribution in [3.63, 3.8) is 0 Å². The second-order valence-corrected chi connectivity index (χ2v) is 5.16. The Hall–Kier alpha value is -1.55. The van der Waals surface area contributed by atoms with Gasteiger partial charge in [-0.15, -0.1) is 0 Å². The van der Waals surface area contributed by atoms with Crippen LogP contribution < -0.4 is 10.1 Å². The highest BCUT2D eigenvalue weighted by Crippen LogP contribution is 2.24. The molecule has 0 bridgehead atoms. The van der Waals surface area contributed by atoms with Crippen molar-refractivity contribution in [3.05, 3.63) is 57.8 Å². The molecule has 0 fully saturated rings. The number of anilines is 1. The molecule has 100 valence electrons. The Bertz CT molecular complexity index is 586. The molecule has 19 heavy (non-hydrogen) atoms. The fourth-order valence-electron chi connectivity index (χ4n) is 1.78. The average molecular weight is 324 g/mol. The summed E-state index contributed by atoms with van der Waals surface area (Å²) in [5.74, 6) is -0.0787. The normalized spacial score (nSPS) is 10.3. The van der Waals surface area contributed by atoms with Crippen LogP contribution in [0, 0.1) is 12.7 Å². The molecule has 0 unspecified atom stereocenters. The van der Waals surface area contributed by atoms with Gasteiger partial charge >= 0.3 is 0 Å². The van der Waals surface area contributed by atoms with Crippen LogP contribution in [-0.4, -0.2) is 7.11 Å². The van der Waals surface area contributed by atoms with E-state index in [1.807, 2.05) is 31.2 Å². The summed E-state index contributed by atoms with van der Waals surface area (Å²) in [5.41, 5.74) is 3.04. The van der Waals surface area contributed by atoms with E-state index in [9.17, 15) is 4.39 Å². The van der Waals surface area contributed by atoms with Crippen molar-refractivity contribution in [2.75, 3.05) is 12.4 Å². The zero-order chi connectivity index (χ0) is 13.8. The molecule has 2 aromatic carbocycles. The van der Waals surface area contributed by atoms with Crippen LogP contribution in [0.4, 0.5) is 10.1 Å². The van der Waals surface area contributed by atoms with Gasteiger partial charge in [-0.25, -0.2) is 4.39 Å². The van der Waals surface area contributed by atoms with Crippen molar-refractivity contribution < 1.29 is 9.13 Å². The van der Waals surface area contributed by atoms with Crippen molar-refractivity contribution in [2.24, 2.45) is 0 Å². The fraction of sp³-hybridized carbons (Fsp3) is 0.200. The van der Waals surface area contributed by atoms with Crippen LogP contribution in [0.15, 0.2) is 40.9 Å². The Morgan fingerprint density at radius 3 is 2.63 bits per heavy atom. The van der Waals surface area contributed by atoms with E-state index < -0.39 is 0 Å². The van der Waals surface area contributed by atoms with Crippen molar-refractivity contribution in [2.45, 2.75) is 13.5 Å². The van der Waals surface area contributed by atoms with E-state index in [1.54, 1.807) is 6.07 Å². The zero-order valence-corrected chi connectivity index (χ0v) is 12.4. The third-order valence-corrected chi connectivity index (χ3v) is 3.48. The number of hydrogen-bond donors (Lipinski definition) is 1. The van der Waals surface area contributed by atoms with Crippen molar-refractivity contribution in [1.82, 2.24) is 0 Å². The Kier molecular flexibility index (Phi) is 4.43. The summed E-state index contributed by atoms with van der Waals surface area (Å²) in [7, 11) is 1.46. The van der Waals surface area contributed by atoms with E-state index in [4.69, 9.17) is 4.74 Å². The molecule has 0 radical (unpaired) electrons. The molecule has 0 atom stereocenters. The molecule has 1 N–H and O–H groups in total. The summed E-state index contributed by atoms with van der Waals surface area (Å²) in [6, 6.07) is 11.0. The van der Waals surface area contributed by atoms with Gasteiger partial charge in [0.05, 0.1) is 7.11 Å². The number of nitrogens with one attached hydrogen (secondary N) is 1. The molecule has 0 saturated heterocycles. The third kappa shape index (κ3) is 3.47. The first-order valence-electron chi connectivity index (χ1n) is 5.92. The first-order chi connectivity index (χ1) is 9.10. The summed E-state index contributed by atoms with van der Waals surface area (Å²) < 4.78 is 19.4. The number of benzene rings is 2. The number of rotatable bonds is 4. The molecule has 0 aliphatic carbocycles. The minimum atomic E-state index is -0.343. The summed E-state index contributed by atoms with van der Waals surface area (Å²) >= 11 is 3.50. The van der Waals surface area contributed by atoms with E-state index in [0.29, 0.717) is 6.54 Å². The van der Waals surface area contributed by atoms with Crippen LogP contribution in [0.5, 0.6) is 5.75 Å². The Balaban J connectivity index is 2.08. The summed E-state index contributed by atoms with van der Waals surface area (Å²) in [4.78, 5) is 0. The standard InChI is InChI=1S/C15H15BrFNO/c1-10-3-5-14(12(16)7-10)18-9-11-4-6-15(19-2)13(17)8-11/h3-8,18H,9H2,1-2H3. The summed E-state index contributed by atoms with van der Waals surface area (Å²) in [6.45, 7) is 2.59. The first kappa shape index (κ1) is 13.9. The highest BCUT2D eigenvalue weighted by Gasteiger charge is 2.04. The first-order valence-corrected chi connectivity index (χ1v) is 6.72. The van der Waals surface area contributed by atoms with Crippen LogP contribution in [0.25, 0.3) is 0 Å². The third-order valence-electron chi connectivity index (χ3n) is 2.82. The highest BCUT2D eigenvalue weighted by molar-refractivity contribution is 9.10. The van der Waals surface area contributed by atoms with E-state index in [1.165, 1.54) is 18.7 Å². The summed E-state index contributed by atoms with van der Waals surface area (Å²) in [6.07, 6.45) is 0. The van der Waals surface area contributed by atoms with Gasteiger partial charge in [0.2, 0.25) is 0 Å². The molecule has 0 spiro atoms.